The molecule has 0 aliphatic heterocycles. The summed E-state index contributed by atoms with van der Waals surface area (Å²) >= 11 is 0. The third-order valence-electron chi connectivity index (χ3n) is 5.38. The Labute approximate surface area is 177 Å². The zero-order valence-corrected chi connectivity index (χ0v) is 18.0. The maximum Gasteiger partial charge on any atom is 0.328 e. The molecular formula is C22H23FN6O2. The minimum atomic E-state index is -0.371. The Kier molecular flexibility index (Phi) is 4.88. The lowest BCUT2D eigenvalue weighted by Gasteiger charge is -2.15. The summed E-state index contributed by atoms with van der Waals surface area (Å²) in [5.74, 6) is -0.371. The van der Waals surface area contributed by atoms with Gasteiger partial charge in [0.15, 0.2) is 0 Å². The quantitative estimate of drug-likeness (QED) is 0.514. The number of aliphatic imine (C=N–C) groups is 1. The van der Waals surface area contributed by atoms with Crippen LogP contribution in [0, 0.1) is 12.7 Å². The molecule has 4 aromatic rings. The van der Waals surface area contributed by atoms with Gasteiger partial charge < -0.3 is 4.90 Å². The summed E-state index contributed by atoms with van der Waals surface area (Å²) in [5, 5.41) is 3.00. The molecule has 0 spiro atoms. The molecule has 0 unspecified atom stereocenters. The highest BCUT2D eigenvalue weighted by Gasteiger charge is 2.15. The van der Waals surface area contributed by atoms with Gasteiger partial charge in [-0.15, -0.1) is 0 Å². The zero-order chi connectivity index (χ0) is 22.4. The average Bonchev–Trinajstić information content (AvgIpc) is 3.14. The predicted octanol–water partition coefficient (Wildman–Crippen LogP) is 2.62. The van der Waals surface area contributed by atoms with Gasteiger partial charge in [0.25, 0.3) is 5.56 Å². The molecule has 0 amide bonds. The van der Waals surface area contributed by atoms with E-state index in [0.29, 0.717) is 22.6 Å². The molecule has 31 heavy (non-hydrogen) atoms. The molecule has 0 radical (unpaired) electrons. The van der Waals surface area contributed by atoms with E-state index in [4.69, 9.17) is 0 Å². The number of nitrogens with one attached hydrogen (secondary N) is 1. The summed E-state index contributed by atoms with van der Waals surface area (Å²) < 4.78 is 17.7. The summed E-state index contributed by atoms with van der Waals surface area (Å²) in [7, 11) is 7.23. The molecule has 0 saturated carbocycles. The maximum absolute atomic E-state index is 13.2. The topological polar surface area (TPSA) is 80.3 Å². The highest BCUT2D eigenvalue weighted by atomic mass is 19.1. The molecular weight excluding hydrogens is 399 g/mol. The van der Waals surface area contributed by atoms with Gasteiger partial charge in [-0.05, 0) is 43.3 Å². The number of halogens is 1. The fourth-order valence-corrected chi connectivity index (χ4v) is 3.60. The van der Waals surface area contributed by atoms with E-state index in [-0.39, 0.29) is 17.1 Å². The van der Waals surface area contributed by atoms with Crippen LogP contribution in [-0.2, 0) is 14.1 Å². The average molecular weight is 422 g/mol. The van der Waals surface area contributed by atoms with E-state index >= 15 is 0 Å². The van der Waals surface area contributed by atoms with Crippen LogP contribution >= 0.6 is 0 Å². The second-order valence-corrected chi connectivity index (χ2v) is 7.65. The molecule has 0 saturated heterocycles. The van der Waals surface area contributed by atoms with Gasteiger partial charge in [-0.2, -0.15) is 0 Å². The molecule has 0 atom stereocenters. The smallest absolute Gasteiger partial charge is 0.328 e. The van der Waals surface area contributed by atoms with Crippen molar-refractivity contribution in [1.82, 2.24) is 18.9 Å². The van der Waals surface area contributed by atoms with Gasteiger partial charge in [0.1, 0.15) is 5.82 Å². The molecule has 9 heteroatoms. The molecule has 2 aromatic heterocycles. The number of hydrogen-bond acceptors (Lipinski definition) is 4. The van der Waals surface area contributed by atoms with Crippen molar-refractivity contribution in [2.75, 3.05) is 19.0 Å². The van der Waals surface area contributed by atoms with Crippen molar-refractivity contribution in [3.8, 4) is 5.69 Å². The van der Waals surface area contributed by atoms with Crippen LogP contribution < -0.4 is 16.1 Å². The molecule has 0 bridgehead atoms. The van der Waals surface area contributed by atoms with E-state index in [1.165, 1.54) is 35.2 Å². The maximum atomic E-state index is 13.2. The van der Waals surface area contributed by atoms with Gasteiger partial charge in [0, 0.05) is 40.1 Å². The van der Waals surface area contributed by atoms with E-state index in [0.717, 1.165) is 16.7 Å². The highest BCUT2D eigenvalue weighted by molar-refractivity contribution is 5.91. The molecule has 0 aliphatic rings. The van der Waals surface area contributed by atoms with Crippen LogP contribution in [0.3, 0.4) is 0 Å². The van der Waals surface area contributed by atoms with Crippen molar-refractivity contribution in [3.63, 3.8) is 0 Å². The molecule has 2 heterocycles. The Morgan fingerprint density at radius 2 is 1.65 bits per heavy atom. The van der Waals surface area contributed by atoms with Crippen molar-refractivity contribution >= 4 is 28.6 Å². The summed E-state index contributed by atoms with van der Waals surface area (Å²) in [6, 6.07) is 9.40. The van der Waals surface area contributed by atoms with Crippen LogP contribution in [0.1, 0.15) is 11.3 Å². The van der Waals surface area contributed by atoms with E-state index in [2.05, 4.69) is 10.1 Å². The molecule has 2 aromatic carbocycles. The van der Waals surface area contributed by atoms with Crippen molar-refractivity contribution in [1.29, 1.82) is 0 Å². The lowest BCUT2D eigenvalue weighted by molar-refractivity contribution is 0.627. The lowest BCUT2D eigenvalue weighted by atomic mass is 10.2. The van der Waals surface area contributed by atoms with E-state index in [1.54, 1.807) is 30.2 Å². The second-order valence-electron chi connectivity index (χ2n) is 7.65. The first-order valence-corrected chi connectivity index (χ1v) is 9.67. The van der Waals surface area contributed by atoms with Gasteiger partial charge in [-0.1, -0.05) is 0 Å². The summed E-state index contributed by atoms with van der Waals surface area (Å²) in [6.07, 6.45) is 1.52. The number of nitrogens with zero attached hydrogens (tertiary/aromatic N) is 5. The van der Waals surface area contributed by atoms with Crippen LogP contribution in [0.5, 0.6) is 0 Å². The van der Waals surface area contributed by atoms with Crippen molar-refractivity contribution in [2.24, 2.45) is 19.1 Å². The Bertz CT molecular complexity index is 1430. The highest BCUT2D eigenvalue weighted by Crippen LogP contribution is 2.32. The van der Waals surface area contributed by atoms with Crippen LogP contribution in [0.25, 0.3) is 16.7 Å². The van der Waals surface area contributed by atoms with Gasteiger partial charge in [-0.3, -0.25) is 24.0 Å². The number of anilines is 1. The first-order chi connectivity index (χ1) is 14.7. The number of aromatic amines is 1. The van der Waals surface area contributed by atoms with Crippen LogP contribution in [0.15, 0.2) is 51.0 Å². The Morgan fingerprint density at radius 3 is 2.26 bits per heavy atom. The molecule has 160 valence electrons. The van der Waals surface area contributed by atoms with E-state index in [1.807, 2.05) is 31.1 Å². The molecule has 1 N–H and O–H groups in total. The zero-order valence-electron chi connectivity index (χ0n) is 18.0. The Hall–Kier alpha value is -3.88. The number of aryl methyl sites for hydroxylation is 3. The number of fused-ring (bicyclic) bond motifs is 1. The molecule has 0 aliphatic carbocycles. The Morgan fingerprint density at radius 1 is 1.03 bits per heavy atom. The third kappa shape index (κ3) is 3.37. The van der Waals surface area contributed by atoms with Crippen LogP contribution in [0.2, 0.25) is 0 Å². The predicted molar refractivity (Wildman–Crippen MR) is 121 cm³/mol. The number of aromatic nitrogens is 4. The molecule has 4 rings (SSSR count). The molecule has 0 fully saturated rings. The number of H-pyrrole nitrogens is 1. The monoisotopic (exact) mass is 422 g/mol. The van der Waals surface area contributed by atoms with Crippen molar-refractivity contribution in [2.45, 2.75) is 6.92 Å². The normalized spacial score (nSPS) is 11.7. The fraction of sp³-hybridized carbons (Fsp3) is 0.227. The van der Waals surface area contributed by atoms with Gasteiger partial charge in [-0.25, -0.2) is 13.9 Å². The number of hydrogen-bond donors (Lipinski definition) is 1. The van der Waals surface area contributed by atoms with Gasteiger partial charge in [0.05, 0.1) is 33.7 Å². The van der Waals surface area contributed by atoms with E-state index in [9.17, 15) is 14.0 Å². The van der Waals surface area contributed by atoms with Crippen LogP contribution in [0.4, 0.5) is 15.8 Å². The molecule has 8 nitrogen and oxygen atoms in total. The minimum absolute atomic E-state index is 0.121. The van der Waals surface area contributed by atoms with Gasteiger partial charge in [0.2, 0.25) is 0 Å². The van der Waals surface area contributed by atoms with Crippen molar-refractivity contribution < 1.29 is 4.39 Å². The summed E-state index contributed by atoms with van der Waals surface area (Å²) in [6.45, 7) is 1.78. The first-order valence-electron chi connectivity index (χ1n) is 9.67. The van der Waals surface area contributed by atoms with Crippen molar-refractivity contribution in [3.05, 3.63) is 74.3 Å². The SMILES string of the molecule is Cc1[nH]n(-c2ccc(F)cc2)c(=O)c1C=Nc1cc2c(cc1N(C)C)n(C)c(=O)n2C. The standard InChI is InChI=1S/C22H23FN6O2/c1-13-16(21(30)29(25-13)15-8-6-14(23)7-9-15)12-24-17-10-19-20(11-18(17)26(2)3)28(5)22(31)27(19)4/h6-12,25H,1-5H3. The lowest BCUT2D eigenvalue weighted by Crippen LogP contribution is -2.19. The Balaban J connectivity index is 1.83. The van der Waals surface area contributed by atoms with E-state index < -0.39 is 0 Å². The minimum Gasteiger partial charge on any atom is -0.376 e. The number of rotatable bonds is 4. The summed E-state index contributed by atoms with van der Waals surface area (Å²) in [4.78, 5) is 31.7. The van der Waals surface area contributed by atoms with Gasteiger partial charge >= 0.3 is 5.69 Å². The first kappa shape index (κ1) is 20.4. The third-order valence-corrected chi connectivity index (χ3v) is 5.38. The fourth-order valence-electron chi connectivity index (χ4n) is 3.60. The largest absolute Gasteiger partial charge is 0.376 e. The van der Waals surface area contributed by atoms with Crippen LogP contribution in [-0.4, -0.2) is 39.2 Å². The summed E-state index contributed by atoms with van der Waals surface area (Å²) in [5.41, 5.74) is 4.16. The number of imidazole rings is 1. The second kappa shape index (κ2) is 7.42. The number of benzene rings is 2.